The van der Waals surface area contributed by atoms with E-state index in [1.165, 1.54) is 4.57 Å². The van der Waals surface area contributed by atoms with E-state index in [2.05, 4.69) is 41.5 Å². The fourth-order valence-corrected chi connectivity index (χ4v) is 3.38. The van der Waals surface area contributed by atoms with Crippen LogP contribution in [0.5, 0.6) is 5.75 Å². The maximum absolute atomic E-state index is 12.4. The van der Waals surface area contributed by atoms with Crippen LogP contribution in [-0.2, 0) is 11.3 Å². The fraction of sp³-hybridized carbons (Fsp3) is 0.294. The van der Waals surface area contributed by atoms with E-state index in [4.69, 9.17) is 9.47 Å². The molecule has 1 aromatic carbocycles. The number of halogens is 1. The van der Waals surface area contributed by atoms with Crippen molar-refractivity contribution in [2.75, 3.05) is 25.5 Å². The first-order valence-electron chi connectivity index (χ1n) is 8.50. The number of methoxy groups -OCH3 is 1. The van der Waals surface area contributed by atoms with E-state index >= 15 is 0 Å². The second kappa shape index (κ2) is 7.50. The Hall–Kier alpha value is -3.08. The van der Waals surface area contributed by atoms with Crippen molar-refractivity contribution >= 4 is 39.1 Å². The number of fused-ring (bicyclic) bond motifs is 1. The number of imidazole rings is 1. The lowest BCUT2D eigenvalue weighted by atomic mass is 10.2. The maximum atomic E-state index is 12.4. The molecule has 11 heteroatoms. The smallest absolute Gasteiger partial charge is 0.407 e. The summed E-state index contributed by atoms with van der Waals surface area (Å²) < 4.78 is 12.9. The molecular weight excluding hydrogens is 432 g/mol. The van der Waals surface area contributed by atoms with Crippen LogP contribution < -0.4 is 21.1 Å². The molecule has 1 saturated heterocycles. The highest BCUT2D eigenvalue weighted by molar-refractivity contribution is 9.10. The number of aromatic amines is 1. The number of benzene rings is 1. The summed E-state index contributed by atoms with van der Waals surface area (Å²) in [5.41, 5.74) is 1.53. The van der Waals surface area contributed by atoms with Crippen LogP contribution in [0, 0.1) is 0 Å². The van der Waals surface area contributed by atoms with E-state index in [1.54, 1.807) is 13.3 Å². The first-order valence-corrected chi connectivity index (χ1v) is 9.29. The molecule has 146 valence electrons. The fourth-order valence-electron chi connectivity index (χ4n) is 2.97. The molecule has 1 amide bonds. The number of cyclic esters (lactones) is 1. The standard InChI is InChI=1S/C17H17BrN6O4/c1-27-13-3-2-10(18)4-9(13)8-24-14-12(22-16(24)25)7-20-15(23-14)19-5-11-6-21-17(26)28-11/h2-4,7,11H,5-6,8H2,1H3,(H,21,26)(H,22,25)(H,19,20,23)/t11-/m1/s1. The van der Waals surface area contributed by atoms with Crippen LogP contribution in [0.4, 0.5) is 10.7 Å². The second-order valence-electron chi connectivity index (χ2n) is 6.19. The van der Waals surface area contributed by atoms with Gasteiger partial charge in [0.05, 0.1) is 32.9 Å². The van der Waals surface area contributed by atoms with Crippen molar-refractivity contribution in [3.8, 4) is 5.75 Å². The number of hydrogen-bond acceptors (Lipinski definition) is 7. The van der Waals surface area contributed by atoms with Gasteiger partial charge in [0, 0.05) is 10.0 Å². The third-order valence-electron chi connectivity index (χ3n) is 4.32. The Morgan fingerprint density at radius 1 is 1.43 bits per heavy atom. The normalized spacial score (nSPS) is 16.1. The summed E-state index contributed by atoms with van der Waals surface area (Å²) in [5, 5.41) is 5.61. The number of anilines is 1. The molecule has 1 aliphatic rings. The van der Waals surface area contributed by atoms with Gasteiger partial charge in [-0.25, -0.2) is 14.6 Å². The van der Waals surface area contributed by atoms with Gasteiger partial charge in [0.25, 0.3) is 0 Å². The molecule has 10 nitrogen and oxygen atoms in total. The van der Waals surface area contributed by atoms with Crippen LogP contribution in [0.15, 0.2) is 33.7 Å². The van der Waals surface area contributed by atoms with Gasteiger partial charge in [-0.2, -0.15) is 4.98 Å². The molecule has 1 aliphatic heterocycles. The van der Waals surface area contributed by atoms with Crippen LogP contribution in [-0.4, -0.2) is 51.9 Å². The molecule has 1 fully saturated rings. The number of aromatic nitrogens is 4. The summed E-state index contributed by atoms with van der Waals surface area (Å²) >= 11 is 3.44. The molecule has 3 heterocycles. The van der Waals surface area contributed by atoms with Crippen molar-refractivity contribution in [2.45, 2.75) is 12.6 Å². The molecule has 28 heavy (non-hydrogen) atoms. The third kappa shape index (κ3) is 3.65. The number of hydrogen-bond donors (Lipinski definition) is 3. The number of carbonyl (C=O) groups excluding carboxylic acids is 1. The Labute approximate surface area is 167 Å². The monoisotopic (exact) mass is 448 g/mol. The summed E-state index contributed by atoms with van der Waals surface area (Å²) in [6, 6.07) is 5.60. The molecule has 3 aromatic rings. The zero-order valence-electron chi connectivity index (χ0n) is 14.9. The Morgan fingerprint density at radius 2 is 2.29 bits per heavy atom. The minimum atomic E-state index is -0.439. The largest absolute Gasteiger partial charge is 0.496 e. The topological polar surface area (TPSA) is 123 Å². The van der Waals surface area contributed by atoms with Crippen molar-refractivity contribution in [2.24, 2.45) is 0 Å². The van der Waals surface area contributed by atoms with E-state index in [0.717, 1.165) is 10.0 Å². The van der Waals surface area contributed by atoms with Gasteiger partial charge in [0.2, 0.25) is 5.95 Å². The van der Waals surface area contributed by atoms with Crippen molar-refractivity contribution in [3.05, 3.63) is 44.9 Å². The molecule has 0 aliphatic carbocycles. The molecule has 4 rings (SSSR count). The van der Waals surface area contributed by atoms with E-state index in [-0.39, 0.29) is 18.3 Å². The molecule has 0 radical (unpaired) electrons. The van der Waals surface area contributed by atoms with E-state index < -0.39 is 6.09 Å². The maximum Gasteiger partial charge on any atom is 0.407 e. The second-order valence-corrected chi connectivity index (χ2v) is 7.11. The summed E-state index contributed by atoms with van der Waals surface area (Å²) in [6.45, 7) is 1.06. The Balaban J connectivity index is 1.61. The molecule has 3 N–H and O–H groups in total. The number of ether oxygens (including phenoxy) is 2. The first-order chi connectivity index (χ1) is 13.5. The van der Waals surface area contributed by atoms with Crippen LogP contribution in [0.1, 0.15) is 5.56 Å². The Kier molecular flexibility index (Phi) is 4.90. The number of amides is 1. The summed E-state index contributed by atoms with van der Waals surface area (Å²) in [7, 11) is 1.58. The summed E-state index contributed by atoms with van der Waals surface area (Å²) in [5.74, 6) is 1.01. The van der Waals surface area contributed by atoms with Gasteiger partial charge < -0.3 is 25.1 Å². The highest BCUT2D eigenvalue weighted by Crippen LogP contribution is 2.24. The predicted octanol–water partition coefficient (Wildman–Crippen LogP) is 1.46. The lowest BCUT2D eigenvalue weighted by molar-refractivity contribution is 0.145. The minimum Gasteiger partial charge on any atom is -0.496 e. The van der Waals surface area contributed by atoms with Crippen molar-refractivity contribution < 1.29 is 14.3 Å². The van der Waals surface area contributed by atoms with Crippen molar-refractivity contribution in [3.63, 3.8) is 0 Å². The summed E-state index contributed by atoms with van der Waals surface area (Å²) in [4.78, 5) is 34.9. The molecular formula is C17H17BrN6O4. The zero-order valence-corrected chi connectivity index (χ0v) is 16.4. The summed E-state index contributed by atoms with van der Waals surface area (Å²) in [6.07, 6.45) is 0.802. The average Bonchev–Trinajstić information content (AvgIpc) is 3.23. The quantitative estimate of drug-likeness (QED) is 0.521. The number of nitrogens with zero attached hydrogens (tertiary/aromatic N) is 3. The van der Waals surface area contributed by atoms with E-state index in [0.29, 0.717) is 36.0 Å². The van der Waals surface area contributed by atoms with Crippen LogP contribution in [0.3, 0.4) is 0 Å². The number of nitrogens with one attached hydrogen (secondary N) is 3. The van der Waals surface area contributed by atoms with Gasteiger partial charge in [0.15, 0.2) is 5.65 Å². The molecule has 2 aromatic heterocycles. The zero-order chi connectivity index (χ0) is 19.7. The Morgan fingerprint density at radius 3 is 3.04 bits per heavy atom. The van der Waals surface area contributed by atoms with Gasteiger partial charge in [-0.15, -0.1) is 0 Å². The third-order valence-corrected chi connectivity index (χ3v) is 4.81. The molecule has 1 atom stereocenters. The first kappa shape index (κ1) is 18.3. The highest BCUT2D eigenvalue weighted by atomic mass is 79.9. The average molecular weight is 449 g/mol. The minimum absolute atomic E-state index is 0.280. The van der Waals surface area contributed by atoms with Crippen LogP contribution in [0.2, 0.25) is 0 Å². The molecule has 0 spiro atoms. The number of H-pyrrole nitrogens is 1. The lowest BCUT2D eigenvalue weighted by Gasteiger charge is -2.11. The van der Waals surface area contributed by atoms with Crippen molar-refractivity contribution in [1.82, 2.24) is 24.8 Å². The molecule has 0 saturated carbocycles. The van der Waals surface area contributed by atoms with Crippen LogP contribution in [0.25, 0.3) is 11.2 Å². The van der Waals surface area contributed by atoms with Gasteiger partial charge in [-0.1, -0.05) is 15.9 Å². The highest BCUT2D eigenvalue weighted by Gasteiger charge is 2.22. The van der Waals surface area contributed by atoms with Gasteiger partial charge >= 0.3 is 11.8 Å². The predicted molar refractivity (Wildman–Crippen MR) is 105 cm³/mol. The van der Waals surface area contributed by atoms with E-state index in [1.807, 2.05) is 18.2 Å². The van der Waals surface area contributed by atoms with Gasteiger partial charge in [-0.3, -0.25) is 4.57 Å². The molecule has 0 bridgehead atoms. The molecule has 0 unspecified atom stereocenters. The van der Waals surface area contributed by atoms with E-state index in [9.17, 15) is 9.59 Å². The van der Waals surface area contributed by atoms with Gasteiger partial charge in [-0.05, 0) is 18.2 Å². The Bertz CT molecular complexity index is 1090. The lowest BCUT2D eigenvalue weighted by Crippen LogP contribution is -2.24. The van der Waals surface area contributed by atoms with Gasteiger partial charge in [0.1, 0.15) is 17.4 Å². The van der Waals surface area contributed by atoms with Crippen molar-refractivity contribution in [1.29, 1.82) is 0 Å². The van der Waals surface area contributed by atoms with Crippen LogP contribution >= 0.6 is 15.9 Å². The number of carbonyl (C=O) groups is 1. The number of rotatable bonds is 6. The number of alkyl carbamates (subject to hydrolysis) is 1. The SMILES string of the molecule is COc1ccc(Br)cc1Cn1c(=O)[nH]c2cnc(NC[C@@H]3CNC(=O)O3)nc21.